The van der Waals surface area contributed by atoms with E-state index in [1.165, 1.54) is 7.11 Å². The molecule has 0 aliphatic carbocycles. The van der Waals surface area contributed by atoms with Crippen molar-refractivity contribution in [3.05, 3.63) is 35.4 Å². The van der Waals surface area contributed by atoms with Gasteiger partial charge in [-0.05, 0) is 38.0 Å². The van der Waals surface area contributed by atoms with E-state index in [0.29, 0.717) is 25.5 Å². The van der Waals surface area contributed by atoms with E-state index < -0.39 is 11.6 Å². The Balaban J connectivity index is 2.40. The molecular formula is C17H25F2N3O2. The average Bonchev–Trinajstić information content (AvgIpc) is 2.58. The molecule has 0 spiro atoms. The van der Waals surface area contributed by atoms with Crippen LogP contribution in [0.3, 0.4) is 0 Å². The zero-order valence-corrected chi connectivity index (χ0v) is 14.2. The van der Waals surface area contributed by atoms with E-state index in [-0.39, 0.29) is 18.1 Å². The van der Waals surface area contributed by atoms with Crippen LogP contribution in [0, 0.1) is 11.6 Å². The second kappa shape index (κ2) is 11.4. The van der Waals surface area contributed by atoms with Crippen molar-refractivity contribution in [3.63, 3.8) is 0 Å². The van der Waals surface area contributed by atoms with E-state index in [1.807, 2.05) is 6.92 Å². The Morgan fingerprint density at radius 1 is 1.21 bits per heavy atom. The summed E-state index contributed by atoms with van der Waals surface area (Å²) in [5.41, 5.74) is 0.213. The van der Waals surface area contributed by atoms with Crippen molar-refractivity contribution >= 4 is 11.9 Å². The summed E-state index contributed by atoms with van der Waals surface area (Å²) in [5.74, 6) is -0.604. The maximum Gasteiger partial charge on any atom is 0.305 e. The van der Waals surface area contributed by atoms with Gasteiger partial charge in [0.2, 0.25) is 0 Å². The summed E-state index contributed by atoms with van der Waals surface area (Å²) >= 11 is 0. The van der Waals surface area contributed by atoms with E-state index in [0.717, 1.165) is 37.5 Å². The van der Waals surface area contributed by atoms with Crippen LogP contribution in [0.4, 0.5) is 8.78 Å². The predicted octanol–water partition coefficient (Wildman–Crippen LogP) is 2.75. The molecule has 0 bridgehead atoms. The van der Waals surface area contributed by atoms with Crippen LogP contribution in [0.1, 0.15) is 38.2 Å². The van der Waals surface area contributed by atoms with E-state index in [4.69, 9.17) is 0 Å². The molecule has 0 unspecified atom stereocenters. The lowest BCUT2D eigenvalue weighted by atomic mass is 10.2. The highest BCUT2D eigenvalue weighted by molar-refractivity contribution is 5.79. The van der Waals surface area contributed by atoms with Crippen LogP contribution in [-0.4, -0.2) is 32.1 Å². The minimum atomic E-state index is -0.481. The molecule has 7 heteroatoms. The van der Waals surface area contributed by atoms with Gasteiger partial charge >= 0.3 is 5.97 Å². The minimum Gasteiger partial charge on any atom is -0.469 e. The smallest absolute Gasteiger partial charge is 0.305 e. The van der Waals surface area contributed by atoms with Crippen molar-refractivity contribution in [2.75, 3.05) is 20.2 Å². The molecular weight excluding hydrogens is 316 g/mol. The molecule has 5 nitrogen and oxygen atoms in total. The third-order valence-electron chi connectivity index (χ3n) is 3.34. The summed E-state index contributed by atoms with van der Waals surface area (Å²) < 4.78 is 31.3. The van der Waals surface area contributed by atoms with Gasteiger partial charge in [-0.1, -0.05) is 6.42 Å². The van der Waals surface area contributed by atoms with Crippen molar-refractivity contribution < 1.29 is 18.3 Å². The summed E-state index contributed by atoms with van der Waals surface area (Å²) in [4.78, 5) is 15.2. The maximum absolute atomic E-state index is 13.6. The monoisotopic (exact) mass is 341 g/mol. The number of nitrogens with zero attached hydrogens (tertiary/aromatic N) is 1. The van der Waals surface area contributed by atoms with Crippen molar-refractivity contribution in [2.45, 2.75) is 39.2 Å². The number of esters is 1. The number of methoxy groups -OCH3 is 1. The van der Waals surface area contributed by atoms with Gasteiger partial charge in [-0.3, -0.25) is 4.79 Å². The molecule has 0 aliphatic heterocycles. The number of halogens is 2. The van der Waals surface area contributed by atoms with Gasteiger partial charge in [0.05, 0.1) is 13.7 Å². The first-order valence-electron chi connectivity index (χ1n) is 8.09. The van der Waals surface area contributed by atoms with Crippen LogP contribution in [-0.2, 0) is 16.1 Å². The van der Waals surface area contributed by atoms with Gasteiger partial charge < -0.3 is 15.4 Å². The Morgan fingerprint density at radius 3 is 2.71 bits per heavy atom. The first kappa shape index (κ1) is 19.9. The van der Waals surface area contributed by atoms with Crippen LogP contribution in [0.5, 0.6) is 0 Å². The van der Waals surface area contributed by atoms with Gasteiger partial charge in [-0.15, -0.1) is 0 Å². The maximum atomic E-state index is 13.6. The molecule has 134 valence electrons. The molecule has 0 atom stereocenters. The normalized spacial score (nSPS) is 11.2. The van der Waals surface area contributed by atoms with Gasteiger partial charge in [-0.2, -0.15) is 0 Å². The van der Waals surface area contributed by atoms with Crippen molar-refractivity contribution in [3.8, 4) is 0 Å². The lowest BCUT2D eigenvalue weighted by Crippen LogP contribution is -2.37. The topological polar surface area (TPSA) is 62.7 Å². The van der Waals surface area contributed by atoms with Crippen LogP contribution in [0.2, 0.25) is 0 Å². The highest BCUT2D eigenvalue weighted by Crippen LogP contribution is 2.10. The molecule has 1 rings (SSSR count). The summed E-state index contributed by atoms with van der Waals surface area (Å²) in [6.45, 7) is 3.33. The number of nitrogens with one attached hydrogen (secondary N) is 2. The summed E-state index contributed by atoms with van der Waals surface area (Å²) in [7, 11) is 1.38. The number of aliphatic imine (C=N–C) groups is 1. The number of guanidine groups is 1. The SMILES string of the molecule is CCNC(=NCc1cc(F)ccc1F)NCCCCCC(=O)OC. The van der Waals surface area contributed by atoms with E-state index in [1.54, 1.807) is 0 Å². The summed E-state index contributed by atoms with van der Waals surface area (Å²) in [6.07, 6.45) is 2.95. The molecule has 0 amide bonds. The first-order valence-corrected chi connectivity index (χ1v) is 8.09. The molecule has 1 aromatic carbocycles. The van der Waals surface area contributed by atoms with Gasteiger partial charge in [0.15, 0.2) is 5.96 Å². The average molecular weight is 341 g/mol. The lowest BCUT2D eigenvalue weighted by Gasteiger charge is -2.11. The number of ether oxygens (including phenoxy) is 1. The fraction of sp³-hybridized carbons (Fsp3) is 0.529. The number of unbranched alkanes of at least 4 members (excludes halogenated alkanes) is 2. The second-order valence-corrected chi connectivity index (χ2v) is 5.24. The van der Waals surface area contributed by atoms with E-state index in [2.05, 4.69) is 20.4 Å². The standard InChI is InChI=1S/C17H25F2N3O2/c1-3-20-17(21-10-6-4-5-7-16(23)24-2)22-12-13-11-14(18)8-9-15(13)19/h8-9,11H,3-7,10,12H2,1-2H3,(H2,20,21,22). The highest BCUT2D eigenvalue weighted by Gasteiger charge is 2.04. The number of benzene rings is 1. The Hall–Kier alpha value is -2.18. The number of rotatable bonds is 9. The Morgan fingerprint density at radius 2 is 2.00 bits per heavy atom. The fourth-order valence-electron chi connectivity index (χ4n) is 2.05. The molecule has 2 N–H and O–H groups in total. The minimum absolute atomic E-state index is 0.0568. The molecule has 0 aliphatic rings. The first-order chi connectivity index (χ1) is 11.6. The van der Waals surface area contributed by atoms with Crippen molar-refractivity contribution in [1.82, 2.24) is 10.6 Å². The third kappa shape index (κ3) is 7.89. The highest BCUT2D eigenvalue weighted by atomic mass is 19.1. The molecule has 24 heavy (non-hydrogen) atoms. The summed E-state index contributed by atoms with van der Waals surface area (Å²) in [5, 5.41) is 6.19. The third-order valence-corrected chi connectivity index (χ3v) is 3.34. The molecule has 0 radical (unpaired) electrons. The fourth-order valence-corrected chi connectivity index (χ4v) is 2.05. The molecule has 0 saturated carbocycles. The van der Waals surface area contributed by atoms with Crippen LogP contribution in [0.15, 0.2) is 23.2 Å². The van der Waals surface area contributed by atoms with Crippen molar-refractivity contribution in [1.29, 1.82) is 0 Å². The van der Waals surface area contributed by atoms with Gasteiger partial charge in [0, 0.05) is 25.1 Å². The molecule has 0 aromatic heterocycles. The Labute approximate surface area is 141 Å². The van der Waals surface area contributed by atoms with E-state index in [9.17, 15) is 13.6 Å². The number of hydrogen-bond donors (Lipinski definition) is 2. The van der Waals surface area contributed by atoms with Crippen LogP contribution in [0.25, 0.3) is 0 Å². The largest absolute Gasteiger partial charge is 0.469 e. The van der Waals surface area contributed by atoms with Gasteiger partial charge in [-0.25, -0.2) is 13.8 Å². The summed E-state index contributed by atoms with van der Waals surface area (Å²) in [6, 6.07) is 3.33. The van der Waals surface area contributed by atoms with Gasteiger partial charge in [0.1, 0.15) is 11.6 Å². The molecule has 1 aromatic rings. The molecule has 0 saturated heterocycles. The number of hydrogen-bond acceptors (Lipinski definition) is 3. The van der Waals surface area contributed by atoms with E-state index >= 15 is 0 Å². The quantitative estimate of drug-likeness (QED) is 0.314. The zero-order chi connectivity index (χ0) is 17.8. The predicted molar refractivity (Wildman–Crippen MR) is 89.7 cm³/mol. The molecule has 0 heterocycles. The Kier molecular flexibility index (Phi) is 9.41. The van der Waals surface area contributed by atoms with Crippen LogP contribution >= 0.6 is 0 Å². The Bertz CT molecular complexity index is 551. The van der Waals surface area contributed by atoms with Gasteiger partial charge in [0.25, 0.3) is 0 Å². The zero-order valence-electron chi connectivity index (χ0n) is 14.2. The van der Waals surface area contributed by atoms with Crippen LogP contribution < -0.4 is 10.6 Å². The molecule has 0 fully saturated rings. The number of carbonyl (C=O) groups excluding carboxylic acids is 1. The van der Waals surface area contributed by atoms with Crippen molar-refractivity contribution in [2.24, 2.45) is 4.99 Å². The lowest BCUT2D eigenvalue weighted by molar-refractivity contribution is -0.140. The number of carbonyl (C=O) groups is 1. The second-order valence-electron chi connectivity index (χ2n) is 5.24.